The molecule has 0 aliphatic carbocycles. The maximum Gasteiger partial charge on any atom is 0.251 e. The van der Waals surface area contributed by atoms with Crippen LogP contribution >= 0.6 is 0 Å². The largest absolute Gasteiger partial charge is 0.497 e. The van der Waals surface area contributed by atoms with Gasteiger partial charge < -0.3 is 10.1 Å². The molecule has 1 amide bonds. The second-order valence-electron chi connectivity index (χ2n) is 4.62. The van der Waals surface area contributed by atoms with E-state index in [1.54, 1.807) is 7.11 Å². The Balaban J connectivity index is 2.01. The highest BCUT2D eigenvalue weighted by atomic mass is 16.5. The standard InChI is InChI=1S/C16H15NO2/c1-19-12-8-6-11(7-9-12)15-10-17-16(18)14-5-3-2-4-13(14)15/h2-9,15H,10H2,1H3,(H,17,18). The van der Waals surface area contributed by atoms with Gasteiger partial charge >= 0.3 is 0 Å². The Hall–Kier alpha value is -2.29. The number of nitrogens with one attached hydrogen (secondary N) is 1. The number of hydrogen-bond donors (Lipinski definition) is 1. The predicted octanol–water partition coefficient (Wildman–Crippen LogP) is 2.57. The molecule has 2 aromatic rings. The number of carbonyl (C=O) groups excluding carboxylic acids is 1. The number of carbonyl (C=O) groups is 1. The molecule has 96 valence electrons. The molecular weight excluding hydrogens is 238 g/mol. The number of benzene rings is 2. The van der Waals surface area contributed by atoms with Crippen molar-refractivity contribution in [2.24, 2.45) is 0 Å². The van der Waals surface area contributed by atoms with E-state index in [1.165, 1.54) is 5.56 Å². The highest BCUT2D eigenvalue weighted by molar-refractivity contribution is 5.97. The summed E-state index contributed by atoms with van der Waals surface area (Å²) in [5, 5.41) is 2.95. The van der Waals surface area contributed by atoms with Crippen molar-refractivity contribution in [3.63, 3.8) is 0 Å². The van der Waals surface area contributed by atoms with Crippen molar-refractivity contribution in [1.29, 1.82) is 0 Å². The van der Waals surface area contributed by atoms with Gasteiger partial charge in [0.05, 0.1) is 7.11 Å². The van der Waals surface area contributed by atoms with E-state index in [1.807, 2.05) is 36.4 Å². The Labute approximate surface area is 112 Å². The molecule has 1 heterocycles. The summed E-state index contributed by atoms with van der Waals surface area (Å²) in [6.45, 7) is 0.641. The third-order valence-corrected chi connectivity index (χ3v) is 3.57. The van der Waals surface area contributed by atoms with Crippen LogP contribution in [0.4, 0.5) is 0 Å². The van der Waals surface area contributed by atoms with Gasteiger partial charge in [-0.1, -0.05) is 30.3 Å². The number of ether oxygens (including phenoxy) is 1. The third-order valence-electron chi connectivity index (χ3n) is 3.57. The average molecular weight is 253 g/mol. The van der Waals surface area contributed by atoms with Crippen molar-refractivity contribution in [2.75, 3.05) is 13.7 Å². The summed E-state index contributed by atoms with van der Waals surface area (Å²) in [7, 11) is 1.66. The molecule has 1 aliphatic rings. The minimum absolute atomic E-state index is 0.0142. The van der Waals surface area contributed by atoms with E-state index in [0.717, 1.165) is 16.9 Å². The quantitative estimate of drug-likeness (QED) is 0.893. The van der Waals surface area contributed by atoms with Crippen LogP contribution in [-0.4, -0.2) is 19.6 Å². The number of rotatable bonds is 2. The van der Waals surface area contributed by atoms with Crippen LogP contribution in [-0.2, 0) is 0 Å². The SMILES string of the molecule is COc1ccc(C2CNC(=O)c3ccccc32)cc1. The van der Waals surface area contributed by atoms with Gasteiger partial charge in [0, 0.05) is 18.0 Å². The van der Waals surface area contributed by atoms with Crippen molar-refractivity contribution < 1.29 is 9.53 Å². The van der Waals surface area contributed by atoms with Gasteiger partial charge in [-0.2, -0.15) is 0 Å². The topological polar surface area (TPSA) is 38.3 Å². The van der Waals surface area contributed by atoms with Crippen LogP contribution < -0.4 is 10.1 Å². The fraction of sp³-hybridized carbons (Fsp3) is 0.188. The fourth-order valence-electron chi connectivity index (χ4n) is 2.54. The van der Waals surface area contributed by atoms with Gasteiger partial charge in [0.25, 0.3) is 5.91 Å². The number of hydrogen-bond acceptors (Lipinski definition) is 2. The molecule has 3 nitrogen and oxygen atoms in total. The van der Waals surface area contributed by atoms with Gasteiger partial charge in [-0.3, -0.25) is 4.79 Å². The molecule has 0 spiro atoms. The fourth-order valence-corrected chi connectivity index (χ4v) is 2.54. The van der Waals surface area contributed by atoms with Crippen molar-refractivity contribution in [3.8, 4) is 5.75 Å². The Kier molecular flexibility index (Phi) is 2.95. The van der Waals surface area contributed by atoms with Crippen molar-refractivity contribution in [3.05, 3.63) is 65.2 Å². The van der Waals surface area contributed by atoms with Gasteiger partial charge in [0.1, 0.15) is 5.75 Å². The minimum Gasteiger partial charge on any atom is -0.497 e. The van der Waals surface area contributed by atoms with E-state index in [4.69, 9.17) is 4.74 Å². The van der Waals surface area contributed by atoms with E-state index in [-0.39, 0.29) is 11.8 Å². The van der Waals surface area contributed by atoms with Crippen LogP contribution in [0.25, 0.3) is 0 Å². The first kappa shape index (κ1) is 11.8. The first-order valence-electron chi connectivity index (χ1n) is 6.30. The lowest BCUT2D eigenvalue weighted by Crippen LogP contribution is -2.35. The Bertz CT molecular complexity index is 604. The Morgan fingerprint density at radius 2 is 1.84 bits per heavy atom. The van der Waals surface area contributed by atoms with E-state index in [9.17, 15) is 4.79 Å². The van der Waals surface area contributed by atoms with Crippen LogP contribution in [0.15, 0.2) is 48.5 Å². The second-order valence-corrected chi connectivity index (χ2v) is 4.62. The van der Waals surface area contributed by atoms with Gasteiger partial charge in [-0.05, 0) is 29.3 Å². The van der Waals surface area contributed by atoms with E-state index in [2.05, 4.69) is 17.4 Å². The molecule has 2 aromatic carbocycles. The molecule has 3 heteroatoms. The summed E-state index contributed by atoms with van der Waals surface area (Å²) in [6.07, 6.45) is 0. The van der Waals surface area contributed by atoms with Crippen LogP contribution in [0, 0.1) is 0 Å². The van der Waals surface area contributed by atoms with Crippen LogP contribution in [0.3, 0.4) is 0 Å². The summed E-state index contributed by atoms with van der Waals surface area (Å²) in [4.78, 5) is 11.8. The average Bonchev–Trinajstić information content (AvgIpc) is 2.48. The molecule has 1 unspecified atom stereocenters. The predicted molar refractivity (Wildman–Crippen MR) is 73.6 cm³/mol. The van der Waals surface area contributed by atoms with Gasteiger partial charge in [-0.15, -0.1) is 0 Å². The lowest BCUT2D eigenvalue weighted by molar-refractivity contribution is 0.0942. The van der Waals surface area contributed by atoms with Gasteiger partial charge in [0.15, 0.2) is 0 Å². The summed E-state index contributed by atoms with van der Waals surface area (Å²) in [6, 6.07) is 15.8. The number of amides is 1. The molecular formula is C16H15NO2. The van der Waals surface area contributed by atoms with E-state index >= 15 is 0 Å². The molecule has 1 aliphatic heterocycles. The molecule has 19 heavy (non-hydrogen) atoms. The summed E-state index contributed by atoms with van der Waals surface area (Å²) in [5.74, 6) is 1.07. The Morgan fingerprint density at radius 1 is 1.11 bits per heavy atom. The molecule has 3 rings (SSSR count). The van der Waals surface area contributed by atoms with Gasteiger partial charge in [0.2, 0.25) is 0 Å². The van der Waals surface area contributed by atoms with Crippen LogP contribution in [0.2, 0.25) is 0 Å². The second kappa shape index (κ2) is 4.76. The van der Waals surface area contributed by atoms with E-state index < -0.39 is 0 Å². The zero-order valence-corrected chi connectivity index (χ0v) is 10.7. The third kappa shape index (κ3) is 2.08. The first-order valence-corrected chi connectivity index (χ1v) is 6.30. The molecule has 0 saturated carbocycles. The molecule has 1 atom stereocenters. The van der Waals surface area contributed by atoms with Crippen molar-refractivity contribution >= 4 is 5.91 Å². The Morgan fingerprint density at radius 3 is 2.58 bits per heavy atom. The molecule has 1 N–H and O–H groups in total. The highest BCUT2D eigenvalue weighted by Gasteiger charge is 2.25. The van der Waals surface area contributed by atoms with Crippen LogP contribution in [0.1, 0.15) is 27.4 Å². The molecule has 0 radical (unpaired) electrons. The van der Waals surface area contributed by atoms with E-state index in [0.29, 0.717) is 6.54 Å². The summed E-state index contributed by atoms with van der Waals surface area (Å²) < 4.78 is 5.17. The number of fused-ring (bicyclic) bond motifs is 1. The normalized spacial score (nSPS) is 17.5. The van der Waals surface area contributed by atoms with Crippen molar-refractivity contribution in [2.45, 2.75) is 5.92 Å². The number of methoxy groups -OCH3 is 1. The lowest BCUT2D eigenvalue weighted by atomic mass is 9.85. The molecule has 0 fully saturated rings. The maximum atomic E-state index is 11.8. The van der Waals surface area contributed by atoms with Crippen molar-refractivity contribution in [1.82, 2.24) is 5.32 Å². The minimum atomic E-state index is 0.0142. The summed E-state index contributed by atoms with van der Waals surface area (Å²) >= 11 is 0. The zero-order valence-electron chi connectivity index (χ0n) is 10.7. The maximum absolute atomic E-state index is 11.8. The smallest absolute Gasteiger partial charge is 0.251 e. The van der Waals surface area contributed by atoms with Crippen LogP contribution in [0.5, 0.6) is 5.75 Å². The highest BCUT2D eigenvalue weighted by Crippen LogP contribution is 2.30. The molecule has 0 saturated heterocycles. The molecule has 0 bridgehead atoms. The lowest BCUT2D eigenvalue weighted by Gasteiger charge is -2.26. The summed E-state index contributed by atoms with van der Waals surface area (Å²) in [5.41, 5.74) is 3.05. The molecule has 0 aromatic heterocycles. The monoisotopic (exact) mass is 253 g/mol. The first-order chi connectivity index (χ1) is 9.29. The van der Waals surface area contributed by atoms with Gasteiger partial charge in [-0.25, -0.2) is 0 Å². The zero-order chi connectivity index (χ0) is 13.2.